The van der Waals surface area contributed by atoms with Gasteiger partial charge in [0.15, 0.2) is 17.3 Å². The van der Waals surface area contributed by atoms with Crippen molar-refractivity contribution in [3.63, 3.8) is 0 Å². The maximum atomic E-state index is 4.67. The summed E-state index contributed by atoms with van der Waals surface area (Å²) in [7, 11) is 9.34. The Morgan fingerprint density at radius 3 is 2.65 bits per heavy atom. The van der Waals surface area contributed by atoms with Crippen LogP contribution in [0.3, 0.4) is 0 Å². The first-order chi connectivity index (χ1) is 9.77. The Morgan fingerprint density at radius 2 is 2.05 bits per heavy atom. The predicted octanol–water partition coefficient (Wildman–Crippen LogP) is 3.02. The van der Waals surface area contributed by atoms with Crippen LogP contribution in [0.15, 0.2) is 29.5 Å². The van der Waals surface area contributed by atoms with Gasteiger partial charge in [-0.25, -0.2) is 4.90 Å². The van der Waals surface area contributed by atoms with Crippen molar-refractivity contribution in [2.45, 2.75) is 19.3 Å². The topological polar surface area (TPSA) is 42.6 Å². The molecule has 2 heterocycles. The molecule has 115 valence electrons. The Kier molecular flexibility index (Phi) is 10.2. The minimum absolute atomic E-state index is 0.692. The molecule has 0 aliphatic carbocycles. The molecular weight excluding hydrogens is 367 g/mol. The van der Waals surface area contributed by atoms with Crippen LogP contribution in [-0.2, 0) is 25.4 Å². The van der Waals surface area contributed by atoms with Crippen LogP contribution in [0.4, 0.5) is 0 Å². The predicted molar refractivity (Wildman–Crippen MR) is 86.1 cm³/mol. The van der Waals surface area contributed by atoms with Gasteiger partial charge in [-0.3, -0.25) is 4.98 Å². The number of likely N-dealkylation sites (tertiary alicyclic amines) is 1. The second-order valence-corrected chi connectivity index (χ2v) is 5.95. The van der Waals surface area contributed by atoms with Gasteiger partial charge < -0.3 is 10.5 Å². The number of halogens is 2. The summed E-state index contributed by atoms with van der Waals surface area (Å²) in [6, 6.07) is 5.68. The molecule has 1 fully saturated rings. The number of aromatic nitrogens is 1. The smallest absolute Gasteiger partial charge is 0.189 e. The van der Waals surface area contributed by atoms with E-state index in [1.165, 1.54) is 19.3 Å². The molecule has 20 heavy (non-hydrogen) atoms. The molecule has 0 bridgehead atoms. The van der Waals surface area contributed by atoms with Gasteiger partial charge >= 0.3 is 33.3 Å². The van der Waals surface area contributed by atoms with Crippen molar-refractivity contribution in [3.05, 3.63) is 35.5 Å². The molecule has 1 aliphatic heterocycles. The van der Waals surface area contributed by atoms with Gasteiger partial charge in [0.1, 0.15) is 0 Å². The standard InChI is InChI=1S/C12H16N4S.2ClH.Cu/c17-12(16-8-4-1-5-9-16)15-14-10-11-6-2-3-7-13-11;;;/h2-3,6-7,10H,1,4-5,8-9H2,(H,13,15,17);2*1H;/q;;;+2/p-2. The molecule has 0 aromatic carbocycles. The van der Waals surface area contributed by atoms with Crippen LogP contribution < -0.4 is 0 Å². The second kappa shape index (κ2) is 11.4. The van der Waals surface area contributed by atoms with E-state index < -0.39 is 0 Å². The SMILES string of the molecule is [Cl][Cu][Cl].[SH+]=C([N-]N=Cc1ccccn1)N1CCCCC1. The average Bonchev–Trinajstić information content (AvgIpc) is 2.50. The van der Waals surface area contributed by atoms with Crippen LogP contribution in [-0.4, -0.2) is 34.3 Å². The number of rotatable bonds is 2. The Labute approximate surface area is 139 Å². The summed E-state index contributed by atoms with van der Waals surface area (Å²) in [6.07, 6.45) is 7.10. The summed E-state index contributed by atoms with van der Waals surface area (Å²) in [4.78, 5) is 6.29. The average molecular weight is 383 g/mol. The number of pyridine rings is 1. The Balaban J connectivity index is 0.000000612. The summed E-state index contributed by atoms with van der Waals surface area (Å²) >= 11 is 5.12. The van der Waals surface area contributed by atoms with Gasteiger partial charge in [-0.1, -0.05) is 12.5 Å². The molecule has 0 unspecified atom stereocenters. The molecule has 0 radical (unpaired) electrons. The minimum atomic E-state index is 0.692. The summed E-state index contributed by atoms with van der Waals surface area (Å²) in [5.74, 6) is 0. The van der Waals surface area contributed by atoms with E-state index in [-0.39, 0.29) is 0 Å². The van der Waals surface area contributed by atoms with Crippen LogP contribution in [0.2, 0.25) is 0 Å². The van der Waals surface area contributed by atoms with E-state index in [4.69, 9.17) is 0 Å². The number of piperidine rings is 1. The van der Waals surface area contributed by atoms with Gasteiger partial charge in [0, 0.05) is 25.5 Å². The fourth-order valence-electron chi connectivity index (χ4n) is 1.75. The molecule has 8 heteroatoms. The Morgan fingerprint density at radius 1 is 1.35 bits per heavy atom. The Bertz CT molecular complexity index is 413. The van der Waals surface area contributed by atoms with E-state index in [1.54, 1.807) is 12.4 Å². The van der Waals surface area contributed by atoms with Crippen molar-refractivity contribution in [1.29, 1.82) is 0 Å². The maximum Gasteiger partial charge on any atom is 0.189 e. The molecule has 0 amide bonds. The van der Waals surface area contributed by atoms with E-state index in [1.807, 2.05) is 18.2 Å². The fraction of sp³-hybridized carbons (Fsp3) is 0.417. The van der Waals surface area contributed by atoms with Gasteiger partial charge in [-0.2, -0.15) is 0 Å². The molecular formula is C12H16Cl2CuN4S. The van der Waals surface area contributed by atoms with E-state index >= 15 is 0 Å². The third kappa shape index (κ3) is 7.52. The normalized spacial score (nSPS) is 15.7. The number of hydrogen-bond donors (Lipinski definition) is 0. The van der Waals surface area contributed by atoms with Crippen molar-refractivity contribution >= 4 is 43.7 Å². The van der Waals surface area contributed by atoms with Crippen molar-refractivity contribution in [2.75, 3.05) is 13.1 Å². The molecule has 1 aromatic rings. The largest absolute Gasteiger partial charge is 0.515 e. The summed E-state index contributed by atoms with van der Waals surface area (Å²) in [5, 5.41) is 4.69. The number of nitrogens with zero attached hydrogens (tertiary/aromatic N) is 4. The van der Waals surface area contributed by atoms with E-state index in [0.717, 1.165) is 31.9 Å². The van der Waals surface area contributed by atoms with Gasteiger partial charge in [-0.15, -0.1) is 0 Å². The van der Waals surface area contributed by atoms with Crippen LogP contribution in [0.25, 0.3) is 5.43 Å². The first-order valence-corrected chi connectivity index (χ1v) is 9.09. The van der Waals surface area contributed by atoms with Crippen molar-refractivity contribution in [2.24, 2.45) is 5.10 Å². The van der Waals surface area contributed by atoms with Crippen LogP contribution in [0.1, 0.15) is 25.0 Å². The quantitative estimate of drug-likeness (QED) is 0.197. The molecule has 1 aromatic heterocycles. The second-order valence-electron chi connectivity index (χ2n) is 3.99. The monoisotopic (exact) mass is 381 g/mol. The molecule has 0 N–H and O–H groups in total. The zero-order chi connectivity index (χ0) is 14.6. The summed E-state index contributed by atoms with van der Waals surface area (Å²) < 4.78 is 0. The van der Waals surface area contributed by atoms with Gasteiger partial charge in [0.25, 0.3) is 0 Å². The number of hydrogen-bond acceptors (Lipinski definition) is 2. The van der Waals surface area contributed by atoms with Crippen molar-refractivity contribution in [1.82, 2.24) is 9.88 Å². The zero-order valence-electron chi connectivity index (χ0n) is 10.7. The first kappa shape index (κ1) is 17.8. The molecule has 0 spiro atoms. The maximum absolute atomic E-state index is 4.67. The molecule has 0 saturated carbocycles. The molecule has 1 saturated heterocycles. The van der Waals surface area contributed by atoms with Crippen LogP contribution in [0, 0.1) is 0 Å². The summed E-state index contributed by atoms with van der Waals surface area (Å²) in [6.45, 7) is 2.06. The van der Waals surface area contributed by atoms with Crippen molar-refractivity contribution in [3.8, 4) is 0 Å². The summed E-state index contributed by atoms with van der Waals surface area (Å²) in [5.41, 5.74) is 4.88. The van der Waals surface area contributed by atoms with Gasteiger partial charge in [0.05, 0.1) is 5.69 Å². The van der Waals surface area contributed by atoms with E-state index in [0.29, 0.717) is 5.11 Å². The molecule has 4 nitrogen and oxygen atoms in total. The van der Waals surface area contributed by atoms with Crippen LogP contribution >= 0.6 is 20.2 Å². The van der Waals surface area contributed by atoms with Crippen LogP contribution in [0.5, 0.6) is 0 Å². The number of thiol groups is 1. The molecule has 1 aliphatic rings. The minimum Gasteiger partial charge on any atom is -0.515 e. The molecule has 0 atom stereocenters. The molecule has 2 rings (SSSR count). The Hall–Kier alpha value is -0.231. The van der Waals surface area contributed by atoms with Gasteiger partial charge in [0.2, 0.25) is 0 Å². The van der Waals surface area contributed by atoms with Gasteiger partial charge in [-0.05, 0) is 25.0 Å². The van der Waals surface area contributed by atoms with Crippen molar-refractivity contribution < 1.29 is 13.1 Å². The fourth-order valence-corrected chi connectivity index (χ4v) is 2.00. The first-order valence-electron chi connectivity index (χ1n) is 6.05. The van der Waals surface area contributed by atoms with E-state index in [9.17, 15) is 0 Å². The third-order valence-corrected chi connectivity index (χ3v) is 3.04. The zero-order valence-corrected chi connectivity index (χ0v) is 14.1. The third-order valence-electron chi connectivity index (χ3n) is 2.66. The van der Waals surface area contributed by atoms with E-state index in [2.05, 4.69) is 52.8 Å².